The molecule has 1 unspecified atom stereocenters. The number of carbonyl (C=O) groups is 2. The molecule has 2 amide bonds. The summed E-state index contributed by atoms with van der Waals surface area (Å²) in [4.78, 5) is 25.9. The Hall–Kier alpha value is -2.40. The van der Waals surface area contributed by atoms with Crippen LogP contribution in [-0.2, 0) is 19.6 Å². The van der Waals surface area contributed by atoms with Crippen molar-refractivity contribution in [3.63, 3.8) is 0 Å². The smallest absolute Gasteiger partial charge is 0.251 e. The molecule has 2 aromatic carbocycles. The zero-order valence-electron chi connectivity index (χ0n) is 18.7. The van der Waals surface area contributed by atoms with E-state index in [0.717, 1.165) is 5.56 Å². The molecular weight excluding hydrogens is 462 g/mol. The third-order valence-electron chi connectivity index (χ3n) is 5.34. The third-order valence-corrected chi connectivity index (χ3v) is 7.88. The van der Waals surface area contributed by atoms with E-state index >= 15 is 0 Å². The van der Waals surface area contributed by atoms with Crippen LogP contribution in [-0.4, -0.2) is 68.9 Å². The molecule has 3 rings (SSSR count). The van der Waals surface area contributed by atoms with Gasteiger partial charge in [0.2, 0.25) is 15.9 Å². The van der Waals surface area contributed by atoms with Crippen molar-refractivity contribution in [2.75, 3.05) is 43.6 Å². The van der Waals surface area contributed by atoms with Crippen LogP contribution in [0.5, 0.6) is 0 Å². The largest absolute Gasteiger partial charge is 0.379 e. The van der Waals surface area contributed by atoms with Crippen molar-refractivity contribution in [2.45, 2.75) is 24.3 Å². The number of carbonyl (C=O) groups excluding carboxylic acids is 2. The highest BCUT2D eigenvalue weighted by molar-refractivity contribution is 7.98. The first kappa shape index (κ1) is 25.2. The molecule has 0 radical (unpaired) electrons. The molecule has 1 saturated heterocycles. The molecule has 0 aromatic heterocycles. The van der Waals surface area contributed by atoms with Gasteiger partial charge in [-0.3, -0.25) is 9.59 Å². The number of hydrogen-bond acceptors (Lipinski definition) is 6. The topological polar surface area (TPSA) is 105 Å². The minimum Gasteiger partial charge on any atom is -0.379 e. The number of hydrogen-bond donors (Lipinski definition) is 2. The van der Waals surface area contributed by atoms with Crippen LogP contribution in [0.15, 0.2) is 53.4 Å². The molecule has 1 heterocycles. The van der Waals surface area contributed by atoms with Gasteiger partial charge in [0.15, 0.2) is 0 Å². The van der Waals surface area contributed by atoms with Crippen molar-refractivity contribution in [2.24, 2.45) is 0 Å². The molecule has 0 bridgehead atoms. The van der Waals surface area contributed by atoms with Crippen molar-refractivity contribution < 1.29 is 22.7 Å². The summed E-state index contributed by atoms with van der Waals surface area (Å²) in [5.41, 5.74) is 1.79. The van der Waals surface area contributed by atoms with E-state index in [1.54, 1.807) is 23.9 Å². The van der Waals surface area contributed by atoms with Gasteiger partial charge in [0.1, 0.15) is 6.04 Å². The van der Waals surface area contributed by atoms with Crippen molar-refractivity contribution >= 4 is 39.3 Å². The number of anilines is 1. The van der Waals surface area contributed by atoms with Gasteiger partial charge in [0.05, 0.1) is 18.1 Å². The van der Waals surface area contributed by atoms with Gasteiger partial charge < -0.3 is 15.4 Å². The van der Waals surface area contributed by atoms with E-state index < -0.39 is 22.0 Å². The van der Waals surface area contributed by atoms with Gasteiger partial charge in [0, 0.05) is 24.3 Å². The average molecular weight is 492 g/mol. The first-order valence-electron chi connectivity index (χ1n) is 10.7. The van der Waals surface area contributed by atoms with Crippen molar-refractivity contribution in [3.8, 4) is 0 Å². The summed E-state index contributed by atoms with van der Waals surface area (Å²) in [6.07, 6.45) is 2.37. The van der Waals surface area contributed by atoms with Crippen LogP contribution in [0, 0.1) is 6.92 Å². The number of sulfonamides is 1. The molecule has 0 aliphatic carbocycles. The highest BCUT2D eigenvalue weighted by Crippen LogP contribution is 2.19. The lowest BCUT2D eigenvalue weighted by Gasteiger charge is -2.26. The second-order valence-electron chi connectivity index (χ2n) is 7.66. The van der Waals surface area contributed by atoms with Gasteiger partial charge in [-0.15, -0.1) is 0 Å². The number of nitrogens with zero attached hydrogens (tertiary/aromatic N) is 1. The summed E-state index contributed by atoms with van der Waals surface area (Å²) in [6.45, 7) is 3.12. The molecule has 1 atom stereocenters. The zero-order valence-corrected chi connectivity index (χ0v) is 20.4. The Balaban J connectivity index is 1.76. The number of aryl methyl sites for hydroxylation is 1. The number of rotatable bonds is 9. The SMILES string of the molecule is CSCCC(NC(=O)c1cccc(S(=O)(=O)N2CCOCC2)c1)C(=O)Nc1ccccc1C. The summed E-state index contributed by atoms with van der Waals surface area (Å²) < 4.78 is 32.5. The average Bonchev–Trinajstić information content (AvgIpc) is 2.83. The molecule has 1 fully saturated rings. The van der Waals surface area contributed by atoms with Gasteiger partial charge >= 0.3 is 0 Å². The predicted octanol–water partition coefficient (Wildman–Crippen LogP) is 2.51. The fraction of sp³-hybridized carbons (Fsp3) is 0.391. The van der Waals surface area contributed by atoms with E-state index in [-0.39, 0.29) is 29.5 Å². The zero-order chi connectivity index (χ0) is 23.8. The molecule has 1 aliphatic heterocycles. The number of benzene rings is 2. The van der Waals surface area contributed by atoms with Crippen LogP contribution in [0.3, 0.4) is 0 Å². The normalized spacial score (nSPS) is 15.6. The van der Waals surface area contributed by atoms with Crippen LogP contribution >= 0.6 is 11.8 Å². The quantitative estimate of drug-likeness (QED) is 0.559. The highest BCUT2D eigenvalue weighted by atomic mass is 32.2. The summed E-state index contributed by atoms with van der Waals surface area (Å²) in [7, 11) is -3.73. The molecule has 0 spiro atoms. The molecule has 33 heavy (non-hydrogen) atoms. The van der Waals surface area contributed by atoms with Gasteiger partial charge in [0.25, 0.3) is 5.91 Å². The van der Waals surface area contributed by atoms with Crippen LogP contribution < -0.4 is 10.6 Å². The molecule has 10 heteroatoms. The van der Waals surface area contributed by atoms with Crippen LogP contribution in [0.2, 0.25) is 0 Å². The second kappa shape index (κ2) is 11.6. The predicted molar refractivity (Wildman–Crippen MR) is 130 cm³/mol. The molecule has 178 valence electrons. The third kappa shape index (κ3) is 6.57. The fourth-order valence-corrected chi connectivity index (χ4v) is 5.34. The second-order valence-corrected chi connectivity index (χ2v) is 10.6. The maximum atomic E-state index is 13.0. The summed E-state index contributed by atoms with van der Waals surface area (Å²) in [5, 5.41) is 5.65. The maximum Gasteiger partial charge on any atom is 0.251 e. The van der Waals surface area contributed by atoms with Crippen molar-refractivity contribution in [1.82, 2.24) is 9.62 Å². The summed E-state index contributed by atoms with van der Waals surface area (Å²) in [5.74, 6) is -0.138. The Bertz CT molecular complexity index is 1090. The Morgan fingerprint density at radius 3 is 2.55 bits per heavy atom. The van der Waals surface area contributed by atoms with Gasteiger partial charge in [-0.05, 0) is 55.2 Å². The van der Waals surface area contributed by atoms with Crippen LogP contribution in [0.25, 0.3) is 0 Å². The number of amides is 2. The Morgan fingerprint density at radius 2 is 1.85 bits per heavy atom. The monoisotopic (exact) mass is 491 g/mol. The molecule has 0 saturated carbocycles. The van der Waals surface area contributed by atoms with E-state index in [0.29, 0.717) is 31.1 Å². The molecular formula is C23H29N3O5S2. The molecule has 8 nitrogen and oxygen atoms in total. The van der Waals surface area contributed by atoms with Gasteiger partial charge in [-0.2, -0.15) is 16.1 Å². The molecule has 2 aromatic rings. The Kier molecular flexibility index (Phi) is 8.90. The number of nitrogens with one attached hydrogen (secondary N) is 2. The van der Waals surface area contributed by atoms with Gasteiger partial charge in [-0.25, -0.2) is 8.42 Å². The maximum absolute atomic E-state index is 13.0. The number of thioether (sulfide) groups is 1. The Morgan fingerprint density at radius 1 is 1.12 bits per heavy atom. The van der Waals surface area contributed by atoms with Crippen LogP contribution in [0.1, 0.15) is 22.3 Å². The number of ether oxygens (including phenoxy) is 1. The number of morpholine rings is 1. The van der Waals surface area contributed by atoms with E-state index in [1.165, 1.54) is 22.5 Å². The highest BCUT2D eigenvalue weighted by Gasteiger charge is 2.27. The van der Waals surface area contributed by atoms with E-state index in [4.69, 9.17) is 4.74 Å². The lowest BCUT2D eigenvalue weighted by atomic mass is 10.1. The van der Waals surface area contributed by atoms with Crippen molar-refractivity contribution in [1.29, 1.82) is 0 Å². The van der Waals surface area contributed by atoms with Gasteiger partial charge in [-0.1, -0.05) is 24.3 Å². The first-order chi connectivity index (χ1) is 15.8. The standard InChI is InChI=1S/C23H29N3O5S2/c1-17-6-3-4-9-20(17)24-23(28)21(10-15-32-2)25-22(27)18-7-5-8-19(16-18)33(29,30)26-11-13-31-14-12-26/h3-9,16,21H,10-15H2,1-2H3,(H,24,28)(H,25,27). The van der Waals surface area contributed by atoms with Crippen molar-refractivity contribution in [3.05, 3.63) is 59.7 Å². The minimum absolute atomic E-state index is 0.0436. The first-order valence-corrected chi connectivity index (χ1v) is 13.5. The molecule has 1 aliphatic rings. The molecule has 2 N–H and O–H groups in total. The Labute approximate surface area is 199 Å². The lowest BCUT2D eigenvalue weighted by molar-refractivity contribution is -0.118. The van der Waals surface area contributed by atoms with E-state index in [2.05, 4.69) is 10.6 Å². The van der Waals surface area contributed by atoms with E-state index in [9.17, 15) is 18.0 Å². The minimum atomic E-state index is -3.73. The van der Waals surface area contributed by atoms with E-state index in [1.807, 2.05) is 31.4 Å². The lowest BCUT2D eigenvalue weighted by Crippen LogP contribution is -2.44. The fourth-order valence-electron chi connectivity index (χ4n) is 3.41. The van der Waals surface area contributed by atoms with Crippen LogP contribution in [0.4, 0.5) is 5.69 Å². The summed E-state index contributed by atoms with van der Waals surface area (Å²) in [6, 6.07) is 12.6. The summed E-state index contributed by atoms with van der Waals surface area (Å²) >= 11 is 1.57. The number of para-hydroxylation sites is 1.